The molecule has 1 amide bonds. The van der Waals surface area contributed by atoms with Crippen molar-refractivity contribution in [3.05, 3.63) is 16.7 Å². The number of nitrogens with one attached hydrogen (secondary N) is 2. The van der Waals surface area contributed by atoms with Gasteiger partial charge in [-0.05, 0) is 6.42 Å². The molecule has 1 fully saturated rings. The molecule has 0 saturated carbocycles. The number of hydrogen-bond donors (Lipinski definition) is 4. The largest absolute Gasteiger partial charge is 0.394 e. The number of fused-ring (bicyclic) bond motifs is 1. The Morgan fingerprint density at radius 2 is 1.63 bits per heavy atom. The third-order valence-corrected chi connectivity index (χ3v) is 7.77. The maximum atomic E-state index is 12.6. The number of ether oxygens (including phenoxy) is 2. The molecule has 11 nitrogen and oxygen atoms in total. The van der Waals surface area contributed by atoms with Crippen molar-refractivity contribution in [1.82, 2.24) is 19.5 Å². The third-order valence-electron chi connectivity index (χ3n) is 7.77. The van der Waals surface area contributed by atoms with Crippen LogP contribution in [0.25, 0.3) is 11.2 Å². The number of H-pyrrole nitrogens is 1. The summed E-state index contributed by atoms with van der Waals surface area (Å²) in [6.07, 6.45) is 15.6. The van der Waals surface area contributed by atoms with Crippen molar-refractivity contribution >= 4 is 23.0 Å². The van der Waals surface area contributed by atoms with Crippen molar-refractivity contribution in [2.24, 2.45) is 5.92 Å². The van der Waals surface area contributed by atoms with Crippen molar-refractivity contribution in [2.75, 3.05) is 18.5 Å². The first-order valence-electron chi connectivity index (χ1n) is 15.7. The molecule has 0 spiro atoms. The molecule has 4 N–H and O–H groups in total. The number of carbonyl (C=O) groups excluding carboxylic acids is 1. The number of carbonyl (C=O) groups is 1. The van der Waals surface area contributed by atoms with E-state index in [1.54, 1.807) is 13.8 Å². The number of imidazole rings is 1. The van der Waals surface area contributed by atoms with Crippen molar-refractivity contribution in [1.29, 1.82) is 0 Å². The molecule has 1 aliphatic rings. The van der Waals surface area contributed by atoms with Gasteiger partial charge in [0.15, 0.2) is 17.4 Å². The Balaban J connectivity index is 1.45. The van der Waals surface area contributed by atoms with Gasteiger partial charge in [-0.2, -0.15) is 4.98 Å². The van der Waals surface area contributed by atoms with Crippen molar-refractivity contribution in [3.8, 4) is 0 Å². The topological polar surface area (TPSA) is 152 Å². The molecule has 0 aromatic carbocycles. The summed E-state index contributed by atoms with van der Waals surface area (Å²) in [5.41, 5.74) is -0.248. The average molecular weight is 578 g/mol. The van der Waals surface area contributed by atoms with Crippen LogP contribution in [0.15, 0.2) is 11.1 Å². The summed E-state index contributed by atoms with van der Waals surface area (Å²) in [5.74, 6) is -0.590. The summed E-state index contributed by atoms with van der Waals surface area (Å²) in [7, 11) is 0. The average Bonchev–Trinajstić information content (AvgIpc) is 3.51. The zero-order valence-electron chi connectivity index (χ0n) is 25.1. The third kappa shape index (κ3) is 9.87. The summed E-state index contributed by atoms with van der Waals surface area (Å²) in [6.45, 7) is 5.78. The minimum absolute atomic E-state index is 0.0000749. The Bertz CT molecular complexity index is 1100. The van der Waals surface area contributed by atoms with E-state index in [1.807, 2.05) is 0 Å². The van der Waals surface area contributed by atoms with Crippen LogP contribution in [0.2, 0.25) is 0 Å². The standard InChI is InChI=1S/C30H51N5O6/c1-4-5-6-7-8-9-10-11-12-13-14-15-16-17-18-40-25-24(37)22(19-36)41-29(25)35-20-31-23-26(35)32-30(34-28(23)39)33-27(38)21(2)3/h20-22,24-25,29,36-37H,4-19H2,1-3H3,(H2,32,33,34,38,39)/t22-,24-,25-,29-/m1/s1. The summed E-state index contributed by atoms with van der Waals surface area (Å²) < 4.78 is 13.5. The molecule has 2 aromatic rings. The number of aliphatic hydroxyl groups is 2. The highest BCUT2D eigenvalue weighted by Crippen LogP contribution is 2.33. The summed E-state index contributed by atoms with van der Waals surface area (Å²) in [6, 6.07) is 0. The molecule has 0 bridgehead atoms. The SMILES string of the molecule is CCCCCCCCCCCCCCCCO[C@@H]1[C@H](O)[C@@H](CO)O[C@H]1n1cnc2c(=O)[nH]c(NC(=O)C(C)C)nc21. The van der Waals surface area contributed by atoms with Gasteiger partial charge in [0.25, 0.3) is 5.56 Å². The normalized spacial score (nSPS) is 20.8. The Hall–Kier alpha value is -2.34. The van der Waals surface area contributed by atoms with Gasteiger partial charge < -0.3 is 19.7 Å². The number of amides is 1. The van der Waals surface area contributed by atoms with E-state index >= 15 is 0 Å². The maximum Gasteiger partial charge on any atom is 0.280 e. The fourth-order valence-corrected chi connectivity index (χ4v) is 5.22. The molecule has 4 atom stereocenters. The lowest BCUT2D eigenvalue weighted by molar-refractivity contribution is -0.118. The number of rotatable bonds is 20. The first kappa shape index (κ1) is 33.2. The van der Waals surface area contributed by atoms with Crippen LogP contribution in [0.1, 0.15) is 117 Å². The predicted octanol–water partition coefficient (Wildman–Crippen LogP) is 4.83. The molecule has 0 unspecified atom stereocenters. The first-order chi connectivity index (χ1) is 19.9. The van der Waals surface area contributed by atoms with Gasteiger partial charge in [0, 0.05) is 12.5 Å². The quantitative estimate of drug-likeness (QED) is 0.163. The number of unbranched alkanes of at least 4 members (excludes halogenated alkanes) is 13. The lowest BCUT2D eigenvalue weighted by Crippen LogP contribution is -2.35. The highest BCUT2D eigenvalue weighted by atomic mass is 16.6. The molecule has 3 heterocycles. The van der Waals surface area contributed by atoms with Crippen LogP contribution in [0, 0.1) is 5.92 Å². The minimum atomic E-state index is -1.06. The molecule has 232 valence electrons. The molecule has 0 aliphatic carbocycles. The molecular formula is C30H51N5O6. The fraction of sp³-hybridized carbons (Fsp3) is 0.800. The van der Waals surface area contributed by atoms with Crippen LogP contribution < -0.4 is 10.9 Å². The van der Waals surface area contributed by atoms with Crippen LogP contribution in [-0.2, 0) is 14.3 Å². The van der Waals surface area contributed by atoms with E-state index < -0.39 is 30.1 Å². The van der Waals surface area contributed by atoms with E-state index in [4.69, 9.17) is 9.47 Å². The number of hydrogen-bond acceptors (Lipinski definition) is 8. The summed E-state index contributed by atoms with van der Waals surface area (Å²) in [4.78, 5) is 35.8. The Morgan fingerprint density at radius 3 is 2.20 bits per heavy atom. The second-order valence-corrected chi connectivity index (χ2v) is 11.6. The smallest absolute Gasteiger partial charge is 0.280 e. The van der Waals surface area contributed by atoms with E-state index in [9.17, 15) is 19.8 Å². The van der Waals surface area contributed by atoms with Crippen molar-refractivity contribution < 1.29 is 24.5 Å². The number of aromatic amines is 1. The van der Waals surface area contributed by atoms with E-state index in [1.165, 1.54) is 81.5 Å². The van der Waals surface area contributed by atoms with Crippen molar-refractivity contribution in [3.63, 3.8) is 0 Å². The Morgan fingerprint density at radius 1 is 1.05 bits per heavy atom. The van der Waals surface area contributed by atoms with Gasteiger partial charge in [-0.15, -0.1) is 0 Å². The lowest BCUT2D eigenvalue weighted by atomic mass is 10.0. The van der Waals surface area contributed by atoms with Crippen LogP contribution in [0.4, 0.5) is 5.95 Å². The lowest BCUT2D eigenvalue weighted by Gasteiger charge is -2.22. The minimum Gasteiger partial charge on any atom is -0.394 e. The monoisotopic (exact) mass is 577 g/mol. The molecule has 1 saturated heterocycles. The zero-order chi connectivity index (χ0) is 29.6. The molecule has 0 radical (unpaired) electrons. The van der Waals surface area contributed by atoms with E-state index in [0.29, 0.717) is 6.61 Å². The predicted molar refractivity (Wildman–Crippen MR) is 159 cm³/mol. The van der Waals surface area contributed by atoms with E-state index in [-0.39, 0.29) is 35.5 Å². The number of aromatic nitrogens is 4. The van der Waals surface area contributed by atoms with Gasteiger partial charge in [-0.3, -0.25) is 24.5 Å². The second kappa shape index (κ2) is 17.6. The molecular weight excluding hydrogens is 526 g/mol. The van der Waals surface area contributed by atoms with E-state index in [0.717, 1.165) is 19.3 Å². The van der Waals surface area contributed by atoms with Crippen LogP contribution >= 0.6 is 0 Å². The highest BCUT2D eigenvalue weighted by molar-refractivity contribution is 5.91. The number of nitrogens with zero attached hydrogens (tertiary/aromatic N) is 3. The maximum absolute atomic E-state index is 12.6. The number of anilines is 1. The Kier molecular flexibility index (Phi) is 14.2. The van der Waals surface area contributed by atoms with Gasteiger partial charge in [-0.25, -0.2) is 4.98 Å². The molecule has 2 aromatic heterocycles. The van der Waals surface area contributed by atoms with E-state index in [2.05, 4.69) is 27.2 Å². The van der Waals surface area contributed by atoms with Gasteiger partial charge in [0.1, 0.15) is 18.3 Å². The molecule has 41 heavy (non-hydrogen) atoms. The van der Waals surface area contributed by atoms with Crippen LogP contribution in [0.5, 0.6) is 0 Å². The van der Waals surface area contributed by atoms with Gasteiger partial charge in [0.2, 0.25) is 11.9 Å². The summed E-state index contributed by atoms with van der Waals surface area (Å²) >= 11 is 0. The van der Waals surface area contributed by atoms with Crippen molar-refractivity contribution in [2.45, 2.75) is 135 Å². The fourth-order valence-electron chi connectivity index (χ4n) is 5.22. The zero-order valence-corrected chi connectivity index (χ0v) is 25.1. The molecule has 3 rings (SSSR count). The van der Waals surface area contributed by atoms with Gasteiger partial charge in [0.05, 0.1) is 12.9 Å². The first-order valence-corrected chi connectivity index (χ1v) is 15.7. The second-order valence-electron chi connectivity index (χ2n) is 11.6. The van der Waals surface area contributed by atoms with Crippen LogP contribution in [-0.4, -0.2) is 67.2 Å². The highest BCUT2D eigenvalue weighted by Gasteiger charge is 2.46. The summed E-state index contributed by atoms with van der Waals surface area (Å²) in [5, 5.41) is 23.1. The van der Waals surface area contributed by atoms with Gasteiger partial charge >= 0.3 is 0 Å². The molecule has 11 heteroatoms. The number of aliphatic hydroxyl groups excluding tert-OH is 2. The van der Waals surface area contributed by atoms with Gasteiger partial charge in [-0.1, -0.05) is 104 Å². The Labute approximate surface area is 243 Å². The molecule has 1 aliphatic heterocycles. The van der Waals surface area contributed by atoms with Crippen LogP contribution in [0.3, 0.4) is 0 Å².